The third-order valence-electron chi connectivity index (χ3n) is 3.56. The average Bonchev–Trinajstić information content (AvgIpc) is 2.50. The highest BCUT2D eigenvalue weighted by Crippen LogP contribution is 2.24. The van der Waals surface area contributed by atoms with Crippen molar-refractivity contribution in [3.05, 3.63) is 52.3 Å². The molecule has 1 aromatic heterocycles. The molecule has 25 heavy (non-hydrogen) atoms. The van der Waals surface area contributed by atoms with Gasteiger partial charge in [0.2, 0.25) is 0 Å². The standard InChI is InChI=1S/C17H20ClN3O3S/c1-11-8-12(2)15(20-10-11)6-7-19-17(22)21-13-4-5-14(18)16(9-13)25(3,23)24/h4-5,8-10H,6-7H2,1-3H3,(H2,19,21,22). The molecule has 2 N–H and O–H groups in total. The van der Waals surface area contributed by atoms with Gasteiger partial charge in [-0.25, -0.2) is 13.2 Å². The Balaban J connectivity index is 1.94. The Bertz CT molecular complexity index is 898. The maximum Gasteiger partial charge on any atom is 0.319 e. The van der Waals surface area contributed by atoms with E-state index in [4.69, 9.17) is 11.6 Å². The van der Waals surface area contributed by atoms with Crippen LogP contribution in [-0.2, 0) is 16.3 Å². The Morgan fingerprint density at radius 1 is 1.24 bits per heavy atom. The lowest BCUT2D eigenvalue weighted by molar-refractivity contribution is 0.252. The van der Waals surface area contributed by atoms with Crippen LogP contribution < -0.4 is 10.6 Å². The number of aryl methyl sites for hydroxylation is 2. The normalized spacial score (nSPS) is 11.2. The highest BCUT2D eigenvalue weighted by atomic mass is 35.5. The van der Waals surface area contributed by atoms with Crippen LogP contribution >= 0.6 is 11.6 Å². The smallest absolute Gasteiger partial charge is 0.319 e. The van der Waals surface area contributed by atoms with E-state index in [-0.39, 0.29) is 9.92 Å². The second-order valence-electron chi connectivity index (χ2n) is 5.82. The molecule has 1 heterocycles. The lowest BCUT2D eigenvalue weighted by Gasteiger charge is -2.10. The number of hydrogen-bond donors (Lipinski definition) is 2. The van der Waals surface area contributed by atoms with E-state index in [0.717, 1.165) is 23.1 Å². The molecule has 0 fully saturated rings. The lowest BCUT2D eigenvalue weighted by Crippen LogP contribution is -2.30. The highest BCUT2D eigenvalue weighted by molar-refractivity contribution is 7.90. The summed E-state index contributed by atoms with van der Waals surface area (Å²) in [5, 5.41) is 5.44. The maximum absolute atomic E-state index is 12.0. The lowest BCUT2D eigenvalue weighted by atomic mass is 10.1. The third kappa shape index (κ3) is 5.44. The van der Waals surface area contributed by atoms with Crippen molar-refractivity contribution < 1.29 is 13.2 Å². The number of sulfone groups is 1. The summed E-state index contributed by atoms with van der Waals surface area (Å²) < 4.78 is 23.3. The summed E-state index contributed by atoms with van der Waals surface area (Å²) in [5.74, 6) is 0. The van der Waals surface area contributed by atoms with Gasteiger partial charge in [0, 0.05) is 36.8 Å². The topological polar surface area (TPSA) is 88.2 Å². The molecule has 0 radical (unpaired) electrons. The second-order valence-corrected chi connectivity index (χ2v) is 8.22. The molecule has 2 aromatic rings. The minimum Gasteiger partial charge on any atom is -0.337 e. The van der Waals surface area contributed by atoms with Crippen LogP contribution in [0.1, 0.15) is 16.8 Å². The number of anilines is 1. The fourth-order valence-corrected chi connectivity index (χ4v) is 3.64. The van der Waals surface area contributed by atoms with Gasteiger partial charge in [0.15, 0.2) is 9.84 Å². The van der Waals surface area contributed by atoms with Crippen LogP contribution in [0.5, 0.6) is 0 Å². The van der Waals surface area contributed by atoms with Crippen molar-refractivity contribution in [3.8, 4) is 0 Å². The van der Waals surface area contributed by atoms with E-state index >= 15 is 0 Å². The van der Waals surface area contributed by atoms with Crippen LogP contribution in [0.3, 0.4) is 0 Å². The van der Waals surface area contributed by atoms with E-state index in [9.17, 15) is 13.2 Å². The minimum absolute atomic E-state index is 0.0218. The van der Waals surface area contributed by atoms with Crippen LogP contribution in [0.2, 0.25) is 5.02 Å². The van der Waals surface area contributed by atoms with Gasteiger partial charge in [0.05, 0.1) is 9.92 Å². The van der Waals surface area contributed by atoms with Gasteiger partial charge in [0.25, 0.3) is 0 Å². The number of nitrogens with zero attached hydrogens (tertiary/aromatic N) is 1. The summed E-state index contributed by atoms with van der Waals surface area (Å²) in [7, 11) is -3.47. The molecule has 0 bridgehead atoms. The second kappa shape index (κ2) is 7.84. The van der Waals surface area contributed by atoms with Gasteiger partial charge in [-0.15, -0.1) is 0 Å². The first-order valence-electron chi connectivity index (χ1n) is 7.63. The van der Waals surface area contributed by atoms with Gasteiger partial charge in [-0.1, -0.05) is 17.7 Å². The van der Waals surface area contributed by atoms with E-state index in [0.29, 0.717) is 18.7 Å². The Kier molecular flexibility index (Phi) is 6.02. The SMILES string of the molecule is Cc1cnc(CCNC(=O)Nc2ccc(Cl)c(S(C)(=O)=O)c2)c(C)c1. The monoisotopic (exact) mass is 381 g/mol. The molecule has 2 rings (SSSR count). The molecule has 6 nitrogen and oxygen atoms in total. The molecule has 0 aliphatic rings. The van der Waals surface area contributed by atoms with E-state index in [1.807, 2.05) is 19.9 Å². The molecule has 0 saturated heterocycles. The van der Waals surface area contributed by atoms with Crippen molar-refractivity contribution in [1.82, 2.24) is 10.3 Å². The van der Waals surface area contributed by atoms with E-state index < -0.39 is 15.9 Å². The predicted molar refractivity (Wildman–Crippen MR) is 99.0 cm³/mol. The molecule has 1 aromatic carbocycles. The molecule has 0 saturated carbocycles. The summed E-state index contributed by atoms with van der Waals surface area (Å²) in [4.78, 5) is 16.3. The van der Waals surface area contributed by atoms with Crippen molar-refractivity contribution in [2.45, 2.75) is 25.2 Å². The molecule has 0 unspecified atom stereocenters. The number of hydrogen-bond acceptors (Lipinski definition) is 4. The molecule has 0 spiro atoms. The summed E-state index contributed by atoms with van der Waals surface area (Å²) in [6.45, 7) is 4.37. The van der Waals surface area contributed by atoms with Gasteiger partial charge >= 0.3 is 6.03 Å². The fraction of sp³-hybridized carbons (Fsp3) is 0.294. The largest absolute Gasteiger partial charge is 0.337 e. The number of benzene rings is 1. The first-order chi connectivity index (χ1) is 11.7. The molecule has 8 heteroatoms. The number of nitrogens with one attached hydrogen (secondary N) is 2. The van der Waals surface area contributed by atoms with Gasteiger partial charge in [-0.05, 0) is 43.2 Å². The van der Waals surface area contributed by atoms with E-state index in [1.54, 1.807) is 12.3 Å². The first kappa shape index (κ1) is 19.2. The molecule has 0 aliphatic carbocycles. The van der Waals surface area contributed by atoms with Gasteiger partial charge < -0.3 is 10.6 Å². The van der Waals surface area contributed by atoms with Gasteiger partial charge in [-0.2, -0.15) is 0 Å². The summed E-state index contributed by atoms with van der Waals surface area (Å²) in [6.07, 6.45) is 3.46. The number of carbonyl (C=O) groups is 1. The van der Waals surface area contributed by atoms with Crippen molar-refractivity contribution in [2.75, 3.05) is 18.1 Å². The van der Waals surface area contributed by atoms with E-state index in [1.165, 1.54) is 12.1 Å². The van der Waals surface area contributed by atoms with Crippen LogP contribution in [0.15, 0.2) is 35.4 Å². The molecule has 134 valence electrons. The Hall–Kier alpha value is -2.12. The molecule has 0 aliphatic heterocycles. The van der Waals surface area contributed by atoms with Gasteiger partial charge in [0.1, 0.15) is 0 Å². The highest BCUT2D eigenvalue weighted by Gasteiger charge is 2.13. The molecular weight excluding hydrogens is 362 g/mol. The van der Waals surface area contributed by atoms with Crippen molar-refractivity contribution >= 4 is 33.2 Å². The molecular formula is C17H20ClN3O3S. The number of pyridine rings is 1. The predicted octanol–water partition coefficient (Wildman–Crippen LogP) is 3.12. The Labute approximate surface area is 152 Å². The van der Waals surface area contributed by atoms with Crippen LogP contribution in [0.4, 0.5) is 10.5 Å². The zero-order valence-electron chi connectivity index (χ0n) is 14.3. The number of amides is 2. The zero-order chi connectivity index (χ0) is 18.6. The fourth-order valence-electron chi connectivity index (χ4n) is 2.34. The summed E-state index contributed by atoms with van der Waals surface area (Å²) >= 11 is 5.88. The van der Waals surface area contributed by atoms with E-state index in [2.05, 4.69) is 15.6 Å². The van der Waals surface area contributed by atoms with Crippen molar-refractivity contribution in [1.29, 1.82) is 0 Å². The Morgan fingerprint density at radius 3 is 2.60 bits per heavy atom. The average molecular weight is 382 g/mol. The first-order valence-corrected chi connectivity index (χ1v) is 9.90. The number of halogens is 1. The van der Waals surface area contributed by atoms with Crippen molar-refractivity contribution in [2.24, 2.45) is 0 Å². The number of rotatable bonds is 5. The number of urea groups is 1. The zero-order valence-corrected chi connectivity index (χ0v) is 15.8. The summed E-state index contributed by atoms with van der Waals surface area (Å²) in [5.41, 5.74) is 3.46. The van der Waals surface area contributed by atoms with Crippen molar-refractivity contribution in [3.63, 3.8) is 0 Å². The molecule has 2 amide bonds. The summed E-state index contributed by atoms with van der Waals surface area (Å²) in [6, 6.07) is 5.94. The number of aromatic nitrogens is 1. The minimum atomic E-state index is -3.47. The number of carbonyl (C=O) groups excluding carboxylic acids is 1. The Morgan fingerprint density at radius 2 is 1.96 bits per heavy atom. The van der Waals surface area contributed by atoms with Gasteiger partial charge in [-0.3, -0.25) is 4.98 Å². The maximum atomic E-state index is 12.0. The molecule has 0 atom stereocenters. The van der Waals surface area contributed by atoms with Crippen LogP contribution in [0.25, 0.3) is 0 Å². The third-order valence-corrected chi connectivity index (χ3v) is 5.14. The van der Waals surface area contributed by atoms with Crippen LogP contribution in [-0.4, -0.2) is 32.2 Å². The quantitative estimate of drug-likeness (QED) is 0.832. The van der Waals surface area contributed by atoms with Crippen LogP contribution in [0, 0.1) is 13.8 Å².